The summed E-state index contributed by atoms with van der Waals surface area (Å²) < 4.78 is 24.6. The lowest BCUT2D eigenvalue weighted by Gasteiger charge is -2.09. The molecule has 106 valence electrons. The molecular weight excluding hydrogens is 272 g/mol. The van der Waals surface area contributed by atoms with Gasteiger partial charge in [-0.05, 0) is 36.8 Å². The van der Waals surface area contributed by atoms with Crippen LogP contribution in [0.3, 0.4) is 0 Å². The van der Waals surface area contributed by atoms with Crippen LogP contribution in [-0.4, -0.2) is 14.7 Å². The Hall–Kier alpha value is -2.01. The predicted molar refractivity (Wildman–Crippen MR) is 83.4 cm³/mol. The second kappa shape index (κ2) is 5.96. The summed E-state index contributed by atoms with van der Waals surface area (Å²) in [7, 11) is -3.22. The van der Waals surface area contributed by atoms with Gasteiger partial charge in [-0.15, -0.1) is 0 Å². The van der Waals surface area contributed by atoms with Gasteiger partial charge in [-0.2, -0.15) is 0 Å². The topological polar surface area (TPSA) is 58.2 Å². The lowest BCUT2D eigenvalue weighted by Crippen LogP contribution is -2.09. The third kappa shape index (κ3) is 4.59. The molecule has 2 N–H and O–H groups in total. The first kappa shape index (κ1) is 14.4. The minimum Gasteiger partial charge on any atom is -0.381 e. The van der Waals surface area contributed by atoms with Crippen molar-refractivity contribution in [3.63, 3.8) is 0 Å². The Morgan fingerprint density at radius 2 is 1.65 bits per heavy atom. The lowest BCUT2D eigenvalue weighted by molar-refractivity contribution is 0.607. The molecule has 0 unspecified atom stereocenters. The van der Waals surface area contributed by atoms with Crippen LogP contribution in [0.4, 0.5) is 11.4 Å². The number of aryl methyl sites for hydroxylation is 1. The average Bonchev–Trinajstić information content (AvgIpc) is 2.36. The summed E-state index contributed by atoms with van der Waals surface area (Å²) in [5.74, 6) is 0. The molecule has 5 heteroatoms. The summed E-state index contributed by atoms with van der Waals surface area (Å²) in [6.45, 7) is 2.80. The first-order valence-electron chi connectivity index (χ1n) is 6.30. The highest BCUT2D eigenvalue weighted by atomic mass is 32.2. The first-order chi connectivity index (χ1) is 9.42. The van der Waals surface area contributed by atoms with Gasteiger partial charge in [0.05, 0.1) is 6.26 Å². The van der Waals surface area contributed by atoms with E-state index in [-0.39, 0.29) is 0 Å². The van der Waals surface area contributed by atoms with Gasteiger partial charge >= 0.3 is 0 Å². The molecule has 0 saturated carbocycles. The normalized spacial score (nSPS) is 11.1. The van der Waals surface area contributed by atoms with Crippen LogP contribution >= 0.6 is 0 Å². The monoisotopic (exact) mass is 290 g/mol. The Morgan fingerprint density at radius 1 is 1.00 bits per heavy atom. The highest BCUT2D eigenvalue weighted by Crippen LogP contribution is 2.15. The van der Waals surface area contributed by atoms with Crippen molar-refractivity contribution in [2.24, 2.45) is 0 Å². The molecule has 0 spiro atoms. The molecule has 0 aromatic heterocycles. The number of anilines is 2. The van der Waals surface area contributed by atoms with Crippen LogP contribution in [0.15, 0.2) is 48.5 Å². The molecule has 0 fully saturated rings. The molecule has 0 atom stereocenters. The van der Waals surface area contributed by atoms with E-state index < -0.39 is 10.0 Å². The van der Waals surface area contributed by atoms with E-state index in [1.807, 2.05) is 18.2 Å². The summed E-state index contributed by atoms with van der Waals surface area (Å²) in [4.78, 5) is 0. The van der Waals surface area contributed by atoms with Gasteiger partial charge in [0.25, 0.3) is 0 Å². The molecule has 0 saturated heterocycles. The molecule has 4 nitrogen and oxygen atoms in total. The van der Waals surface area contributed by atoms with Crippen molar-refractivity contribution in [3.8, 4) is 0 Å². The Balaban J connectivity index is 1.97. The Kier molecular flexibility index (Phi) is 4.29. The number of hydrogen-bond acceptors (Lipinski definition) is 3. The van der Waals surface area contributed by atoms with Gasteiger partial charge in [-0.1, -0.05) is 29.8 Å². The van der Waals surface area contributed by atoms with E-state index in [1.54, 1.807) is 12.1 Å². The molecule has 0 radical (unpaired) electrons. The molecular formula is C15H18N2O2S. The Labute approximate surface area is 119 Å². The van der Waals surface area contributed by atoms with Gasteiger partial charge in [-0.25, -0.2) is 8.42 Å². The van der Waals surface area contributed by atoms with Gasteiger partial charge in [0.2, 0.25) is 10.0 Å². The van der Waals surface area contributed by atoms with Crippen LogP contribution in [0, 0.1) is 6.92 Å². The van der Waals surface area contributed by atoms with Crippen molar-refractivity contribution in [1.29, 1.82) is 0 Å². The smallest absolute Gasteiger partial charge is 0.229 e. The van der Waals surface area contributed by atoms with Gasteiger partial charge in [0.15, 0.2) is 0 Å². The van der Waals surface area contributed by atoms with Gasteiger partial charge in [0.1, 0.15) is 0 Å². The van der Waals surface area contributed by atoms with Gasteiger partial charge < -0.3 is 5.32 Å². The van der Waals surface area contributed by atoms with Crippen LogP contribution in [0.5, 0.6) is 0 Å². The van der Waals surface area contributed by atoms with Crippen molar-refractivity contribution in [1.82, 2.24) is 0 Å². The maximum Gasteiger partial charge on any atom is 0.229 e. The van der Waals surface area contributed by atoms with E-state index in [0.717, 1.165) is 18.5 Å². The fraction of sp³-hybridized carbons (Fsp3) is 0.200. The molecule has 2 aromatic carbocycles. The summed E-state index contributed by atoms with van der Waals surface area (Å²) in [6.07, 6.45) is 1.14. The largest absolute Gasteiger partial charge is 0.381 e. The van der Waals surface area contributed by atoms with Crippen molar-refractivity contribution >= 4 is 21.4 Å². The van der Waals surface area contributed by atoms with Gasteiger partial charge in [-0.3, -0.25) is 4.72 Å². The third-order valence-electron chi connectivity index (χ3n) is 2.77. The van der Waals surface area contributed by atoms with Gasteiger partial charge in [0, 0.05) is 17.9 Å². The zero-order chi connectivity index (χ0) is 14.6. The molecule has 0 aliphatic carbocycles. The third-order valence-corrected chi connectivity index (χ3v) is 3.37. The Bertz CT molecular complexity index is 679. The summed E-state index contributed by atoms with van der Waals surface area (Å²) >= 11 is 0. The molecule has 0 bridgehead atoms. The highest BCUT2D eigenvalue weighted by Gasteiger charge is 2.01. The number of sulfonamides is 1. The molecule has 0 heterocycles. The highest BCUT2D eigenvalue weighted by molar-refractivity contribution is 7.92. The second-order valence-corrected chi connectivity index (χ2v) is 6.54. The summed E-state index contributed by atoms with van der Waals surface area (Å²) in [5, 5.41) is 3.30. The number of rotatable bonds is 5. The van der Waals surface area contributed by atoms with E-state index in [4.69, 9.17) is 0 Å². The quantitative estimate of drug-likeness (QED) is 0.890. The molecule has 0 aliphatic heterocycles. The molecule has 2 rings (SSSR count). The number of nitrogens with one attached hydrogen (secondary N) is 2. The van der Waals surface area contributed by atoms with Crippen molar-refractivity contribution in [3.05, 3.63) is 59.7 Å². The van der Waals surface area contributed by atoms with Crippen LogP contribution in [0.25, 0.3) is 0 Å². The van der Waals surface area contributed by atoms with E-state index in [1.165, 1.54) is 11.1 Å². The fourth-order valence-electron chi connectivity index (χ4n) is 1.90. The second-order valence-electron chi connectivity index (χ2n) is 4.79. The maximum absolute atomic E-state index is 11.1. The molecule has 0 amide bonds. The summed E-state index contributed by atoms with van der Waals surface area (Å²) in [6, 6.07) is 15.5. The summed E-state index contributed by atoms with van der Waals surface area (Å²) in [5.41, 5.74) is 3.96. The molecule has 2 aromatic rings. The zero-order valence-electron chi connectivity index (χ0n) is 11.6. The predicted octanol–water partition coefficient (Wildman–Crippen LogP) is 2.98. The minimum atomic E-state index is -3.22. The van der Waals surface area contributed by atoms with Crippen molar-refractivity contribution in [2.75, 3.05) is 16.3 Å². The van der Waals surface area contributed by atoms with Crippen LogP contribution < -0.4 is 10.0 Å². The van der Waals surface area contributed by atoms with Crippen LogP contribution in [-0.2, 0) is 16.6 Å². The van der Waals surface area contributed by atoms with Crippen molar-refractivity contribution in [2.45, 2.75) is 13.5 Å². The van der Waals surface area contributed by atoms with E-state index in [2.05, 4.69) is 35.2 Å². The van der Waals surface area contributed by atoms with E-state index in [9.17, 15) is 8.42 Å². The van der Waals surface area contributed by atoms with E-state index in [0.29, 0.717) is 5.69 Å². The molecule has 20 heavy (non-hydrogen) atoms. The number of benzene rings is 2. The number of hydrogen-bond donors (Lipinski definition) is 2. The van der Waals surface area contributed by atoms with Crippen molar-refractivity contribution < 1.29 is 8.42 Å². The van der Waals surface area contributed by atoms with Crippen LogP contribution in [0.1, 0.15) is 11.1 Å². The zero-order valence-corrected chi connectivity index (χ0v) is 12.4. The van der Waals surface area contributed by atoms with Crippen LogP contribution in [0.2, 0.25) is 0 Å². The fourth-order valence-corrected chi connectivity index (χ4v) is 2.46. The average molecular weight is 290 g/mol. The molecule has 0 aliphatic rings. The standard InChI is InChI=1S/C15H18N2O2S/c1-12-4-3-5-13(10-12)11-16-14-6-8-15(9-7-14)17-20(2,18)19/h3-10,16-17H,11H2,1-2H3. The lowest BCUT2D eigenvalue weighted by atomic mass is 10.1. The first-order valence-corrected chi connectivity index (χ1v) is 8.19. The maximum atomic E-state index is 11.1. The Morgan fingerprint density at radius 3 is 2.25 bits per heavy atom. The SMILES string of the molecule is Cc1cccc(CNc2ccc(NS(C)(=O)=O)cc2)c1. The van der Waals surface area contributed by atoms with E-state index >= 15 is 0 Å². The minimum absolute atomic E-state index is 0.564.